The summed E-state index contributed by atoms with van der Waals surface area (Å²) in [6.07, 6.45) is 1.73. The molecule has 128 valence electrons. The zero-order valence-electron chi connectivity index (χ0n) is 13.7. The van der Waals surface area contributed by atoms with Crippen molar-refractivity contribution in [3.63, 3.8) is 0 Å². The largest absolute Gasteiger partial charge is 0.497 e. The summed E-state index contributed by atoms with van der Waals surface area (Å²) in [5.41, 5.74) is 4.40. The molecule has 1 aliphatic heterocycles. The Labute approximate surface area is 156 Å². The second-order valence-electron chi connectivity index (χ2n) is 5.99. The summed E-state index contributed by atoms with van der Waals surface area (Å²) in [6, 6.07) is 13.7. The Kier molecular flexibility index (Phi) is 4.32. The average Bonchev–Trinajstić information content (AvgIpc) is 3.22. The van der Waals surface area contributed by atoms with Crippen LogP contribution in [0.1, 0.15) is 16.8 Å². The summed E-state index contributed by atoms with van der Waals surface area (Å²) in [4.78, 5) is 0. The topological polar surface area (TPSA) is 39.1 Å². The first-order valence-corrected chi connectivity index (χ1v) is 8.84. The van der Waals surface area contributed by atoms with Gasteiger partial charge in [-0.2, -0.15) is 5.10 Å². The minimum Gasteiger partial charge on any atom is -0.497 e. The van der Waals surface area contributed by atoms with E-state index in [1.807, 2.05) is 35.0 Å². The van der Waals surface area contributed by atoms with Gasteiger partial charge in [-0.3, -0.25) is 0 Å². The summed E-state index contributed by atoms with van der Waals surface area (Å²) in [5.74, 6) is 1.90. The summed E-state index contributed by atoms with van der Waals surface area (Å²) in [6.45, 7) is 0.916. The van der Waals surface area contributed by atoms with Crippen LogP contribution in [0.15, 0.2) is 42.5 Å². The number of benzene rings is 2. The second-order valence-corrected chi connectivity index (χ2v) is 6.80. The van der Waals surface area contributed by atoms with Crippen molar-refractivity contribution in [3.05, 3.63) is 69.3 Å². The molecule has 1 N–H and O–H groups in total. The van der Waals surface area contributed by atoms with Gasteiger partial charge in [0.05, 0.1) is 28.5 Å². The van der Waals surface area contributed by atoms with E-state index in [-0.39, 0.29) is 0 Å². The third kappa shape index (κ3) is 3.08. The maximum atomic E-state index is 6.18. The number of hydrogen-bond donors (Lipinski definition) is 1. The number of halogens is 2. The number of anilines is 1. The molecular formula is C19H17Cl2N3O. The Morgan fingerprint density at radius 2 is 2.04 bits per heavy atom. The average molecular weight is 374 g/mol. The van der Waals surface area contributed by atoms with Gasteiger partial charge in [-0.1, -0.05) is 35.3 Å². The Morgan fingerprint density at radius 1 is 1.16 bits per heavy atom. The molecule has 0 radical (unpaired) electrons. The van der Waals surface area contributed by atoms with Crippen LogP contribution in [0.5, 0.6) is 5.75 Å². The predicted octanol–water partition coefficient (Wildman–Crippen LogP) is 4.75. The van der Waals surface area contributed by atoms with Crippen LogP contribution in [0.3, 0.4) is 0 Å². The quantitative estimate of drug-likeness (QED) is 0.717. The molecule has 0 spiro atoms. The standard InChI is InChI=1S/C19H17Cl2N3O/c1-25-14-4-2-3-12(9-14)10-18-15-7-8-22-19(15)24(23-18)13-5-6-16(20)17(21)11-13/h2-6,9,11,22H,7-8,10H2,1H3. The van der Waals surface area contributed by atoms with Crippen LogP contribution in [-0.4, -0.2) is 23.4 Å². The van der Waals surface area contributed by atoms with Gasteiger partial charge >= 0.3 is 0 Å². The molecule has 0 amide bonds. The number of fused-ring (bicyclic) bond motifs is 1. The van der Waals surface area contributed by atoms with Crippen molar-refractivity contribution in [2.24, 2.45) is 0 Å². The molecule has 0 bridgehead atoms. The van der Waals surface area contributed by atoms with E-state index in [1.165, 1.54) is 11.1 Å². The fourth-order valence-electron chi connectivity index (χ4n) is 3.17. The minimum absolute atomic E-state index is 0.524. The maximum absolute atomic E-state index is 6.18. The van der Waals surface area contributed by atoms with Crippen molar-refractivity contribution in [1.82, 2.24) is 9.78 Å². The van der Waals surface area contributed by atoms with Crippen molar-refractivity contribution in [2.45, 2.75) is 12.8 Å². The summed E-state index contributed by atoms with van der Waals surface area (Å²) in [7, 11) is 1.68. The van der Waals surface area contributed by atoms with Crippen molar-refractivity contribution in [1.29, 1.82) is 0 Å². The molecule has 0 saturated heterocycles. The second kappa shape index (κ2) is 6.62. The molecule has 4 nitrogen and oxygen atoms in total. The lowest BCUT2D eigenvalue weighted by atomic mass is 10.1. The van der Waals surface area contributed by atoms with E-state index in [4.69, 9.17) is 33.0 Å². The van der Waals surface area contributed by atoms with E-state index < -0.39 is 0 Å². The highest BCUT2D eigenvalue weighted by Gasteiger charge is 2.23. The van der Waals surface area contributed by atoms with Crippen LogP contribution in [0.25, 0.3) is 5.69 Å². The maximum Gasteiger partial charge on any atom is 0.133 e. The Balaban J connectivity index is 1.73. The van der Waals surface area contributed by atoms with E-state index >= 15 is 0 Å². The van der Waals surface area contributed by atoms with Gasteiger partial charge in [0.2, 0.25) is 0 Å². The van der Waals surface area contributed by atoms with Crippen LogP contribution in [0, 0.1) is 0 Å². The van der Waals surface area contributed by atoms with Gasteiger partial charge in [0.25, 0.3) is 0 Å². The van der Waals surface area contributed by atoms with Gasteiger partial charge in [-0.05, 0) is 42.3 Å². The molecule has 4 rings (SSSR count). The highest BCUT2D eigenvalue weighted by atomic mass is 35.5. The van der Waals surface area contributed by atoms with Gasteiger partial charge in [0, 0.05) is 18.5 Å². The van der Waals surface area contributed by atoms with Gasteiger partial charge in [0.1, 0.15) is 11.6 Å². The molecule has 0 atom stereocenters. The molecule has 2 heterocycles. The number of nitrogens with zero attached hydrogens (tertiary/aromatic N) is 2. The van der Waals surface area contributed by atoms with Crippen LogP contribution in [0.4, 0.5) is 5.82 Å². The van der Waals surface area contributed by atoms with Crippen LogP contribution in [-0.2, 0) is 12.8 Å². The van der Waals surface area contributed by atoms with Gasteiger partial charge in [-0.25, -0.2) is 4.68 Å². The zero-order chi connectivity index (χ0) is 17.4. The number of nitrogens with one attached hydrogen (secondary N) is 1. The van der Waals surface area contributed by atoms with Crippen molar-refractivity contribution in [3.8, 4) is 11.4 Å². The van der Waals surface area contributed by atoms with Crippen molar-refractivity contribution >= 4 is 29.0 Å². The monoisotopic (exact) mass is 373 g/mol. The molecule has 2 aromatic carbocycles. The normalized spacial score (nSPS) is 12.8. The SMILES string of the molecule is COc1cccc(Cc2nn(-c3ccc(Cl)c(Cl)c3)c3c2CCN3)c1. The zero-order valence-corrected chi connectivity index (χ0v) is 15.2. The lowest BCUT2D eigenvalue weighted by Gasteiger charge is -2.07. The summed E-state index contributed by atoms with van der Waals surface area (Å²) in [5, 5.41) is 9.33. The first-order valence-electron chi connectivity index (χ1n) is 8.08. The van der Waals surface area contributed by atoms with E-state index in [0.717, 1.165) is 42.3 Å². The third-order valence-corrected chi connectivity index (χ3v) is 5.13. The minimum atomic E-state index is 0.524. The first-order chi connectivity index (χ1) is 12.2. The molecular weight excluding hydrogens is 357 g/mol. The van der Waals surface area contributed by atoms with Crippen LogP contribution < -0.4 is 10.1 Å². The van der Waals surface area contributed by atoms with E-state index in [1.54, 1.807) is 13.2 Å². The number of rotatable bonds is 4. The summed E-state index contributed by atoms with van der Waals surface area (Å²) >= 11 is 12.2. The molecule has 6 heteroatoms. The summed E-state index contributed by atoms with van der Waals surface area (Å²) < 4.78 is 7.24. The number of methoxy groups -OCH3 is 1. The molecule has 0 aliphatic carbocycles. The molecule has 0 saturated carbocycles. The molecule has 0 fully saturated rings. The number of ether oxygens (including phenoxy) is 1. The lowest BCUT2D eigenvalue weighted by molar-refractivity contribution is 0.414. The molecule has 25 heavy (non-hydrogen) atoms. The Morgan fingerprint density at radius 3 is 2.84 bits per heavy atom. The molecule has 3 aromatic rings. The fraction of sp³-hybridized carbons (Fsp3) is 0.211. The Bertz CT molecular complexity index is 936. The van der Waals surface area contributed by atoms with Crippen molar-refractivity contribution < 1.29 is 4.74 Å². The lowest BCUT2D eigenvalue weighted by Crippen LogP contribution is -2.05. The van der Waals surface area contributed by atoms with E-state index in [9.17, 15) is 0 Å². The van der Waals surface area contributed by atoms with Gasteiger partial charge < -0.3 is 10.1 Å². The first kappa shape index (κ1) is 16.3. The van der Waals surface area contributed by atoms with E-state index in [0.29, 0.717) is 10.0 Å². The van der Waals surface area contributed by atoms with Gasteiger partial charge in [-0.15, -0.1) is 0 Å². The van der Waals surface area contributed by atoms with Crippen LogP contribution >= 0.6 is 23.2 Å². The number of aromatic nitrogens is 2. The molecule has 0 unspecified atom stereocenters. The fourth-order valence-corrected chi connectivity index (χ4v) is 3.46. The third-order valence-electron chi connectivity index (χ3n) is 4.39. The van der Waals surface area contributed by atoms with Crippen LogP contribution in [0.2, 0.25) is 10.0 Å². The molecule has 1 aromatic heterocycles. The van der Waals surface area contributed by atoms with Crippen molar-refractivity contribution in [2.75, 3.05) is 19.0 Å². The predicted molar refractivity (Wildman–Crippen MR) is 102 cm³/mol. The highest BCUT2D eigenvalue weighted by Crippen LogP contribution is 2.32. The van der Waals surface area contributed by atoms with E-state index in [2.05, 4.69) is 11.4 Å². The molecule has 1 aliphatic rings. The smallest absolute Gasteiger partial charge is 0.133 e. The highest BCUT2D eigenvalue weighted by molar-refractivity contribution is 6.42. The Hall–Kier alpha value is -2.17. The van der Waals surface area contributed by atoms with Gasteiger partial charge in [0.15, 0.2) is 0 Å². The number of hydrogen-bond acceptors (Lipinski definition) is 3.